The lowest BCUT2D eigenvalue weighted by atomic mass is 9.96. The van der Waals surface area contributed by atoms with Crippen molar-refractivity contribution in [2.45, 2.75) is 59.0 Å². The summed E-state index contributed by atoms with van der Waals surface area (Å²) in [6.07, 6.45) is 5.32. The van der Waals surface area contributed by atoms with Crippen LogP contribution in [0, 0.1) is 0 Å². The summed E-state index contributed by atoms with van der Waals surface area (Å²) in [6.45, 7) is 6.22. The Morgan fingerprint density at radius 1 is 1.47 bits per heavy atom. The Kier molecular flexibility index (Phi) is 4.66. The Hall–Kier alpha value is -0.990. The average molecular weight is 211 g/mol. The van der Waals surface area contributed by atoms with E-state index in [1.165, 1.54) is 0 Å². The zero-order valence-electron chi connectivity index (χ0n) is 9.92. The molecule has 1 rings (SSSR count). The second kappa shape index (κ2) is 5.79. The summed E-state index contributed by atoms with van der Waals surface area (Å²) in [5.41, 5.74) is 1.80. The fourth-order valence-corrected chi connectivity index (χ4v) is 1.93. The highest BCUT2D eigenvalue weighted by Crippen LogP contribution is 2.25. The predicted octanol–water partition coefficient (Wildman–Crippen LogP) is 3.48. The van der Waals surface area contributed by atoms with Crippen LogP contribution in [0.5, 0.6) is 0 Å². The summed E-state index contributed by atoms with van der Waals surface area (Å²) >= 11 is 0. The maximum absolute atomic E-state index is 8.81. The van der Waals surface area contributed by atoms with E-state index < -0.39 is 0 Å². The van der Waals surface area contributed by atoms with E-state index in [2.05, 4.69) is 19.0 Å². The van der Waals surface area contributed by atoms with Crippen molar-refractivity contribution in [2.75, 3.05) is 0 Å². The molecule has 0 saturated heterocycles. The van der Waals surface area contributed by atoms with Crippen LogP contribution in [0.3, 0.4) is 0 Å². The van der Waals surface area contributed by atoms with Gasteiger partial charge in [0.1, 0.15) is 5.76 Å². The molecule has 0 amide bonds. The van der Waals surface area contributed by atoms with E-state index in [0.717, 1.165) is 49.1 Å². The minimum atomic E-state index is 0.262. The largest absolute Gasteiger partial charge is 0.495 e. The molecule has 1 aliphatic rings. The number of hydrogen-bond donors (Lipinski definition) is 1. The molecule has 3 nitrogen and oxygen atoms in total. The van der Waals surface area contributed by atoms with Crippen LogP contribution < -0.4 is 0 Å². The molecule has 0 radical (unpaired) electrons. The second-order valence-electron chi connectivity index (χ2n) is 4.17. The predicted molar refractivity (Wildman–Crippen MR) is 61.2 cm³/mol. The van der Waals surface area contributed by atoms with Gasteiger partial charge in [-0.1, -0.05) is 18.5 Å². The first-order chi connectivity index (χ1) is 7.19. The number of rotatable bonds is 4. The van der Waals surface area contributed by atoms with E-state index in [1.807, 2.05) is 6.92 Å². The van der Waals surface area contributed by atoms with E-state index in [1.54, 1.807) is 0 Å². The summed E-state index contributed by atoms with van der Waals surface area (Å²) in [7, 11) is 0. The summed E-state index contributed by atoms with van der Waals surface area (Å²) in [6, 6.07) is 0. The Labute approximate surface area is 91.8 Å². The van der Waals surface area contributed by atoms with Crippen molar-refractivity contribution in [3.05, 3.63) is 11.3 Å². The van der Waals surface area contributed by atoms with Crippen LogP contribution in [-0.2, 0) is 4.74 Å². The molecule has 0 aromatic heterocycles. The molecule has 1 unspecified atom stereocenters. The molecule has 0 aromatic rings. The van der Waals surface area contributed by atoms with Crippen LogP contribution in [0.1, 0.15) is 52.9 Å². The van der Waals surface area contributed by atoms with Gasteiger partial charge in [0.25, 0.3) is 0 Å². The first-order valence-corrected chi connectivity index (χ1v) is 5.76. The fourth-order valence-electron chi connectivity index (χ4n) is 1.93. The van der Waals surface area contributed by atoms with Crippen molar-refractivity contribution in [2.24, 2.45) is 5.16 Å². The van der Waals surface area contributed by atoms with Crippen molar-refractivity contribution >= 4 is 5.71 Å². The lowest BCUT2D eigenvalue weighted by Crippen LogP contribution is -2.16. The molecule has 0 aliphatic heterocycles. The monoisotopic (exact) mass is 211 g/mol. The van der Waals surface area contributed by atoms with Gasteiger partial charge in [0.05, 0.1) is 11.8 Å². The van der Waals surface area contributed by atoms with Gasteiger partial charge in [-0.25, -0.2) is 0 Å². The molecule has 0 fully saturated rings. The van der Waals surface area contributed by atoms with Crippen LogP contribution in [0.4, 0.5) is 0 Å². The SMILES string of the molecule is CCCC(C)OC1=C(C)/C(=N/O)CCC1. The molecule has 0 heterocycles. The number of allylic oxidation sites excluding steroid dienone is 2. The van der Waals surface area contributed by atoms with Gasteiger partial charge >= 0.3 is 0 Å². The van der Waals surface area contributed by atoms with Gasteiger partial charge in [-0.15, -0.1) is 0 Å². The van der Waals surface area contributed by atoms with E-state index in [9.17, 15) is 0 Å². The molecule has 0 aromatic carbocycles. The lowest BCUT2D eigenvalue weighted by Gasteiger charge is -2.23. The third kappa shape index (κ3) is 3.26. The number of ether oxygens (including phenoxy) is 1. The highest BCUT2D eigenvalue weighted by molar-refractivity contribution is 6.00. The number of nitrogens with zero attached hydrogens (tertiary/aromatic N) is 1. The standard InChI is InChI=1S/C12H21NO2/c1-4-6-9(2)15-12-8-5-7-11(13-14)10(12)3/h9,14H,4-8H2,1-3H3/b13-11+. The fraction of sp³-hybridized carbons (Fsp3) is 0.750. The van der Waals surface area contributed by atoms with Gasteiger partial charge in [-0.2, -0.15) is 0 Å². The first-order valence-electron chi connectivity index (χ1n) is 5.76. The van der Waals surface area contributed by atoms with Crippen LogP contribution in [0.15, 0.2) is 16.5 Å². The van der Waals surface area contributed by atoms with Crippen molar-refractivity contribution in [1.82, 2.24) is 0 Å². The second-order valence-corrected chi connectivity index (χ2v) is 4.17. The molecule has 1 aliphatic carbocycles. The van der Waals surface area contributed by atoms with E-state index in [-0.39, 0.29) is 6.10 Å². The summed E-state index contributed by atoms with van der Waals surface area (Å²) < 4.78 is 5.86. The van der Waals surface area contributed by atoms with Crippen molar-refractivity contribution in [3.8, 4) is 0 Å². The highest BCUT2D eigenvalue weighted by atomic mass is 16.5. The van der Waals surface area contributed by atoms with Crippen LogP contribution in [-0.4, -0.2) is 17.0 Å². The van der Waals surface area contributed by atoms with E-state index in [0.29, 0.717) is 0 Å². The molecule has 86 valence electrons. The molecule has 0 spiro atoms. The molecular formula is C12H21NO2. The highest BCUT2D eigenvalue weighted by Gasteiger charge is 2.18. The summed E-state index contributed by atoms with van der Waals surface area (Å²) in [5.74, 6) is 1.01. The van der Waals surface area contributed by atoms with Crippen molar-refractivity contribution in [3.63, 3.8) is 0 Å². The van der Waals surface area contributed by atoms with Crippen molar-refractivity contribution < 1.29 is 9.94 Å². The summed E-state index contributed by atoms with van der Waals surface area (Å²) in [4.78, 5) is 0. The maximum Gasteiger partial charge on any atom is 0.101 e. The van der Waals surface area contributed by atoms with Gasteiger partial charge in [0.2, 0.25) is 0 Å². The first kappa shape index (κ1) is 12.1. The topological polar surface area (TPSA) is 41.8 Å². The molecule has 1 N–H and O–H groups in total. The van der Waals surface area contributed by atoms with Crippen LogP contribution >= 0.6 is 0 Å². The smallest absolute Gasteiger partial charge is 0.101 e. The van der Waals surface area contributed by atoms with Crippen molar-refractivity contribution in [1.29, 1.82) is 0 Å². The Bertz CT molecular complexity index is 269. The van der Waals surface area contributed by atoms with E-state index >= 15 is 0 Å². The lowest BCUT2D eigenvalue weighted by molar-refractivity contribution is 0.113. The molecule has 15 heavy (non-hydrogen) atoms. The molecule has 0 bridgehead atoms. The molecule has 0 saturated carbocycles. The Morgan fingerprint density at radius 2 is 2.20 bits per heavy atom. The molecule has 1 atom stereocenters. The van der Waals surface area contributed by atoms with Gasteiger partial charge < -0.3 is 9.94 Å². The average Bonchev–Trinajstić information content (AvgIpc) is 2.21. The van der Waals surface area contributed by atoms with Crippen LogP contribution in [0.2, 0.25) is 0 Å². The molecule has 3 heteroatoms. The minimum absolute atomic E-state index is 0.262. The van der Waals surface area contributed by atoms with E-state index in [4.69, 9.17) is 9.94 Å². The quantitative estimate of drug-likeness (QED) is 0.571. The van der Waals surface area contributed by atoms with Gasteiger partial charge in [-0.05, 0) is 33.1 Å². The minimum Gasteiger partial charge on any atom is -0.495 e. The third-order valence-electron chi connectivity index (χ3n) is 2.83. The number of hydrogen-bond acceptors (Lipinski definition) is 3. The van der Waals surface area contributed by atoms with Crippen LogP contribution in [0.25, 0.3) is 0 Å². The maximum atomic E-state index is 8.81. The zero-order chi connectivity index (χ0) is 11.3. The van der Waals surface area contributed by atoms with Gasteiger partial charge in [0.15, 0.2) is 0 Å². The molecular weight excluding hydrogens is 190 g/mol. The third-order valence-corrected chi connectivity index (χ3v) is 2.83. The number of oxime groups is 1. The zero-order valence-corrected chi connectivity index (χ0v) is 9.92. The normalized spacial score (nSPS) is 21.9. The van der Waals surface area contributed by atoms with Gasteiger partial charge in [-0.3, -0.25) is 0 Å². The van der Waals surface area contributed by atoms with Gasteiger partial charge in [0, 0.05) is 12.0 Å². The Morgan fingerprint density at radius 3 is 2.80 bits per heavy atom. The summed E-state index contributed by atoms with van der Waals surface area (Å²) in [5, 5.41) is 12.1. The Balaban J connectivity index is 2.67.